The third kappa shape index (κ3) is 4.20. The fourth-order valence-electron chi connectivity index (χ4n) is 0.768. The second-order valence-electron chi connectivity index (χ2n) is 2.60. The number of halogens is 3. The standard InChI is InChI=1S/C10H7F3OS/c11-10(12,13)9(14)6-7-15-8-4-2-1-3-5-8/h1-7H/b7-6+. The average Bonchev–Trinajstić information content (AvgIpc) is 2.18. The number of hydrogen-bond donors (Lipinski definition) is 0. The van der Waals surface area contributed by atoms with Crippen LogP contribution in [-0.4, -0.2) is 12.0 Å². The molecular formula is C10H7F3OS. The van der Waals surface area contributed by atoms with Gasteiger partial charge < -0.3 is 0 Å². The van der Waals surface area contributed by atoms with E-state index in [2.05, 4.69) is 0 Å². The van der Waals surface area contributed by atoms with Crippen molar-refractivity contribution in [2.45, 2.75) is 11.1 Å². The smallest absolute Gasteiger partial charge is 0.285 e. The first-order valence-corrected chi connectivity index (χ1v) is 4.87. The van der Waals surface area contributed by atoms with Crippen LogP contribution in [-0.2, 0) is 4.79 Å². The third-order valence-corrected chi connectivity index (χ3v) is 2.26. The molecule has 0 N–H and O–H groups in total. The Morgan fingerprint density at radius 3 is 2.33 bits per heavy atom. The average molecular weight is 232 g/mol. The molecule has 1 aromatic carbocycles. The number of alkyl halides is 3. The van der Waals surface area contributed by atoms with Crippen LogP contribution in [0.15, 0.2) is 46.7 Å². The Hall–Kier alpha value is -1.23. The normalized spacial score (nSPS) is 11.9. The Bertz CT molecular complexity index is 357. The Labute approximate surface area is 89.0 Å². The zero-order chi connectivity index (χ0) is 11.3. The van der Waals surface area contributed by atoms with E-state index in [-0.39, 0.29) is 0 Å². The van der Waals surface area contributed by atoms with Crippen molar-refractivity contribution in [2.75, 3.05) is 0 Å². The van der Waals surface area contributed by atoms with E-state index in [9.17, 15) is 18.0 Å². The number of allylic oxidation sites excluding steroid dienone is 1. The van der Waals surface area contributed by atoms with E-state index in [0.29, 0.717) is 6.08 Å². The van der Waals surface area contributed by atoms with Crippen molar-refractivity contribution in [2.24, 2.45) is 0 Å². The van der Waals surface area contributed by atoms with Crippen molar-refractivity contribution < 1.29 is 18.0 Å². The highest BCUT2D eigenvalue weighted by Crippen LogP contribution is 2.21. The Balaban J connectivity index is 2.51. The zero-order valence-electron chi connectivity index (χ0n) is 7.49. The van der Waals surface area contributed by atoms with Crippen LogP contribution in [0.1, 0.15) is 0 Å². The molecule has 0 aliphatic carbocycles. The van der Waals surface area contributed by atoms with Gasteiger partial charge in [0.2, 0.25) is 0 Å². The van der Waals surface area contributed by atoms with E-state index in [1.165, 1.54) is 0 Å². The summed E-state index contributed by atoms with van der Waals surface area (Å²) in [6.45, 7) is 0. The molecule has 0 spiro atoms. The molecular weight excluding hydrogens is 225 g/mol. The van der Waals surface area contributed by atoms with Gasteiger partial charge >= 0.3 is 6.18 Å². The maximum Gasteiger partial charge on any atom is 0.454 e. The first-order chi connectivity index (χ1) is 7.00. The molecule has 0 fully saturated rings. The van der Waals surface area contributed by atoms with Crippen molar-refractivity contribution in [3.63, 3.8) is 0 Å². The molecule has 0 saturated carbocycles. The minimum Gasteiger partial charge on any atom is -0.285 e. The summed E-state index contributed by atoms with van der Waals surface area (Å²) >= 11 is 1.06. The minimum atomic E-state index is -4.78. The van der Waals surface area contributed by atoms with Crippen LogP contribution in [0.5, 0.6) is 0 Å². The summed E-state index contributed by atoms with van der Waals surface area (Å²) in [5, 5.41) is 1.13. The van der Waals surface area contributed by atoms with Crippen molar-refractivity contribution in [3.05, 3.63) is 41.8 Å². The van der Waals surface area contributed by atoms with Gasteiger partial charge in [-0.3, -0.25) is 4.79 Å². The van der Waals surface area contributed by atoms with Gasteiger partial charge in [-0.1, -0.05) is 30.0 Å². The van der Waals surface area contributed by atoms with E-state index >= 15 is 0 Å². The molecule has 0 unspecified atom stereocenters. The molecule has 0 aromatic heterocycles. The van der Waals surface area contributed by atoms with Crippen LogP contribution in [0, 0.1) is 0 Å². The van der Waals surface area contributed by atoms with E-state index in [0.717, 1.165) is 22.1 Å². The predicted octanol–water partition coefficient (Wildman–Crippen LogP) is 3.42. The highest BCUT2D eigenvalue weighted by molar-refractivity contribution is 8.02. The Morgan fingerprint density at radius 1 is 1.20 bits per heavy atom. The van der Waals surface area contributed by atoms with Crippen molar-refractivity contribution in [1.29, 1.82) is 0 Å². The van der Waals surface area contributed by atoms with E-state index in [4.69, 9.17) is 0 Å². The number of carbonyl (C=O) groups is 1. The molecule has 1 rings (SSSR count). The van der Waals surface area contributed by atoms with Gasteiger partial charge in [0.05, 0.1) is 0 Å². The van der Waals surface area contributed by atoms with Crippen LogP contribution < -0.4 is 0 Å². The quantitative estimate of drug-likeness (QED) is 0.586. The molecule has 0 bridgehead atoms. The first kappa shape index (κ1) is 11.8. The minimum absolute atomic E-state index is 0.525. The van der Waals surface area contributed by atoms with E-state index < -0.39 is 12.0 Å². The van der Waals surface area contributed by atoms with Crippen LogP contribution in [0.2, 0.25) is 0 Å². The summed E-state index contributed by atoms with van der Waals surface area (Å²) in [4.78, 5) is 11.2. The summed E-state index contributed by atoms with van der Waals surface area (Å²) in [6.07, 6.45) is -4.26. The lowest BCUT2D eigenvalue weighted by atomic mass is 10.4. The molecule has 80 valence electrons. The topological polar surface area (TPSA) is 17.1 Å². The lowest BCUT2D eigenvalue weighted by molar-refractivity contribution is -0.165. The van der Waals surface area contributed by atoms with Gasteiger partial charge in [0.25, 0.3) is 5.78 Å². The molecule has 0 atom stereocenters. The molecule has 15 heavy (non-hydrogen) atoms. The number of carbonyl (C=O) groups excluding carboxylic acids is 1. The second-order valence-corrected chi connectivity index (χ2v) is 3.57. The van der Waals surface area contributed by atoms with Crippen LogP contribution >= 0.6 is 11.8 Å². The monoisotopic (exact) mass is 232 g/mol. The third-order valence-electron chi connectivity index (χ3n) is 1.45. The Kier molecular flexibility index (Phi) is 3.96. The van der Waals surface area contributed by atoms with E-state index in [1.54, 1.807) is 30.3 Å². The van der Waals surface area contributed by atoms with Crippen molar-refractivity contribution in [1.82, 2.24) is 0 Å². The van der Waals surface area contributed by atoms with Crippen LogP contribution in [0.25, 0.3) is 0 Å². The zero-order valence-corrected chi connectivity index (χ0v) is 8.31. The number of benzene rings is 1. The summed E-state index contributed by atoms with van der Waals surface area (Å²) in [5.74, 6) is -1.84. The van der Waals surface area contributed by atoms with Crippen molar-refractivity contribution >= 4 is 17.5 Å². The van der Waals surface area contributed by atoms with Gasteiger partial charge in [-0.2, -0.15) is 13.2 Å². The van der Waals surface area contributed by atoms with Gasteiger partial charge in [0, 0.05) is 4.90 Å². The SMILES string of the molecule is O=C(/C=C/Sc1ccccc1)C(F)(F)F. The second kappa shape index (κ2) is 5.02. The lowest BCUT2D eigenvalue weighted by Crippen LogP contribution is -2.19. The number of ketones is 1. The van der Waals surface area contributed by atoms with Gasteiger partial charge in [-0.25, -0.2) is 0 Å². The fraction of sp³-hybridized carbons (Fsp3) is 0.100. The van der Waals surface area contributed by atoms with Gasteiger partial charge in [0.1, 0.15) is 0 Å². The van der Waals surface area contributed by atoms with E-state index in [1.807, 2.05) is 0 Å². The van der Waals surface area contributed by atoms with Gasteiger partial charge in [-0.15, -0.1) is 0 Å². The Morgan fingerprint density at radius 2 is 1.80 bits per heavy atom. The summed E-state index contributed by atoms with van der Waals surface area (Å²) in [7, 11) is 0. The van der Waals surface area contributed by atoms with Crippen molar-refractivity contribution in [3.8, 4) is 0 Å². The first-order valence-electron chi connectivity index (χ1n) is 3.99. The highest BCUT2D eigenvalue weighted by Gasteiger charge is 2.35. The molecule has 0 heterocycles. The van der Waals surface area contributed by atoms with Gasteiger partial charge in [-0.05, 0) is 23.6 Å². The summed E-state index contributed by atoms with van der Waals surface area (Å²) < 4.78 is 35.3. The fourth-order valence-corrected chi connectivity index (χ4v) is 1.43. The summed E-state index contributed by atoms with van der Waals surface area (Å²) in [5.41, 5.74) is 0. The maximum absolute atomic E-state index is 11.8. The molecule has 0 aliphatic heterocycles. The largest absolute Gasteiger partial charge is 0.454 e. The molecule has 5 heteroatoms. The molecule has 0 amide bonds. The molecule has 0 radical (unpaired) electrons. The molecule has 1 nitrogen and oxygen atoms in total. The predicted molar refractivity (Wildman–Crippen MR) is 52.5 cm³/mol. The molecule has 1 aromatic rings. The number of hydrogen-bond acceptors (Lipinski definition) is 2. The lowest BCUT2D eigenvalue weighted by Gasteiger charge is -1.99. The van der Waals surface area contributed by atoms with Gasteiger partial charge in [0.15, 0.2) is 0 Å². The van der Waals surface area contributed by atoms with Crippen LogP contribution in [0.3, 0.4) is 0 Å². The summed E-state index contributed by atoms with van der Waals surface area (Å²) in [6, 6.07) is 8.82. The maximum atomic E-state index is 11.8. The van der Waals surface area contributed by atoms with Crippen LogP contribution in [0.4, 0.5) is 13.2 Å². The number of thioether (sulfide) groups is 1. The number of rotatable bonds is 3. The molecule has 0 aliphatic rings. The molecule has 0 saturated heterocycles. The highest BCUT2D eigenvalue weighted by atomic mass is 32.2.